The number of hydrogen-bond acceptors (Lipinski definition) is 6. The number of sulfonamides is 1. The molecule has 8 nitrogen and oxygen atoms in total. The third-order valence-corrected chi connectivity index (χ3v) is 5.93. The first-order valence-corrected chi connectivity index (χ1v) is 8.30. The minimum atomic E-state index is -3.88. The Balaban J connectivity index is 2.52. The van der Waals surface area contributed by atoms with Crippen LogP contribution in [0.2, 0.25) is 0 Å². The highest BCUT2D eigenvalue weighted by Gasteiger charge is 2.36. The van der Waals surface area contributed by atoms with Gasteiger partial charge in [0.2, 0.25) is 10.0 Å². The van der Waals surface area contributed by atoms with Crippen LogP contribution < -0.4 is 10.1 Å². The molecule has 1 aromatic rings. The molecular weight excluding hydrogens is 310 g/mol. The summed E-state index contributed by atoms with van der Waals surface area (Å²) in [5.74, 6) is 0.101. The zero-order chi connectivity index (χ0) is 16.5. The summed E-state index contributed by atoms with van der Waals surface area (Å²) in [6.07, 6.45) is 0. The number of nitro benzene ring substituents is 1. The zero-order valence-electron chi connectivity index (χ0n) is 12.6. The molecule has 0 amide bonds. The van der Waals surface area contributed by atoms with E-state index in [0.717, 1.165) is 6.07 Å². The summed E-state index contributed by atoms with van der Waals surface area (Å²) >= 11 is 0. The van der Waals surface area contributed by atoms with Gasteiger partial charge >= 0.3 is 0 Å². The Labute approximate surface area is 129 Å². The average molecular weight is 329 g/mol. The van der Waals surface area contributed by atoms with E-state index in [1.54, 1.807) is 6.92 Å². The number of non-ortho nitro benzene ring substituents is 1. The molecule has 9 heteroatoms. The van der Waals surface area contributed by atoms with E-state index in [4.69, 9.17) is 4.74 Å². The van der Waals surface area contributed by atoms with E-state index in [1.807, 2.05) is 6.92 Å². The van der Waals surface area contributed by atoms with Gasteiger partial charge in [-0.2, -0.15) is 4.31 Å². The minimum Gasteiger partial charge on any atom is -0.495 e. The predicted octanol–water partition coefficient (Wildman–Crippen LogP) is 0.974. The monoisotopic (exact) mass is 329 g/mol. The first-order valence-electron chi connectivity index (χ1n) is 6.86. The van der Waals surface area contributed by atoms with Gasteiger partial charge < -0.3 is 10.1 Å². The molecule has 0 aromatic heterocycles. The summed E-state index contributed by atoms with van der Waals surface area (Å²) in [4.78, 5) is 10.1. The van der Waals surface area contributed by atoms with E-state index in [-0.39, 0.29) is 28.4 Å². The van der Waals surface area contributed by atoms with Gasteiger partial charge in [0.05, 0.1) is 12.0 Å². The van der Waals surface area contributed by atoms with Crippen molar-refractivity contribution in [3.63, 3.8) is 0 Å². The van der Waals surface area contributed by atoms with Crippen LogP contribution in [0.25, 0.3) is 0 Å². The molecule has 1 heterocycles. The highest BCUT2D eigenvalue weighted by Crippen LogP contribution is 2.32. The Morgan fingerprint density at radius 2 is 2.09 bits per heavy atom. The van der Waals surface area contributed by atoms with Crippen molar-refractivity contribution in [2.24, 2.45) is 0 Å². The molecule has 1 saturated heterocycles. The number of piperazine rings is 1. The Hall–Kier alpha value is -1.71. The molecule has 122 valence electrons. The second-order valence-electron chi connectivity index (χ2n) is 5.19. The lowest BCUT2D eigenvalue weighted by Crippen LogP contribution is -2.57. The van der Waals surface area contributed by atoms with Crippen LogP contribution >= 0.6 is 0 Å². The molecule has 22 heavy (non-hydrogen) atoms. The molecule has 2 rings (SSSR count). The van der Waals surface area contributed by atoms with E-state index in [9.17, 15) is 18.5 Å². The van der Waals surface area contributed by atoms with E-state index in [1.165, 1.54) is 23.5 Å². The molecule has 0 spiro atoms. The molecule has 1 N–H and O–H groups in total. The quantitative estimate of drug-likeness (QED) is 0.652. The van der Waals surface area contributed by atoms with Gasteiger partial charge in [-0.3, -0.25) is 10.1 Å². The van der Waals surface area contributed by atoms with Crippen LogP contribution in [0.3, 0.4) is 0 Å². The Bertz CT molecular complexity index is 676. The van der Waals surface area contributed by atoms with Gasteiger partial charge in [0.1, 0.15) is 10.6 Å². The van der Waals surface area contributed by atoms with Crippen LogP contribution in [-0.4, -0.2) is 49.9 Å². The molecule has 0 radical (unpaired) electrons. The average Bonchev–Trinajstić information content (AvgIpc) is 2.49. The van der Waals surface area contributed by atoms with Gasteiger partial charge in [0.15, 0.2) is 0 Å². The Morgan fingerprint density at radius 1 is 1.41 bits per heavy atom. The first-order chi connectivity index (χ1) is 10.3. The van der Waals surface area contributed by atoms with Crippen LogP contribution in [-0.2, 0) is 10.0 Å². The van der Waals surface area contributed by atoms with Crippen LogP contribution in [0.5, 0.6) is 5.75 Å². The van der Waals surface area contributed by atoms with Gasteiger partial charge in [0, 0.05) is 37.3 Å². The lowest BCUT2D eigenvalue weighted by atomic mass is 10.1. The number of ether oxygens (including phenoxy) is 1. The zero-order valence-corrected chi connectivity index (χ0v) is 13.5. The van der Waals surface area contributed by atoms with Crippen molar-refractivity contribution in [1.29, 1.82) is 0 Å². The number of nitrogens with zero attached hydrogens (tertiary/aromatic N) is 2. The van der Waals surface area contributed by atoms with Gasteiger partial charge in [-0.25, -0.2) is 8.42 Å². The van der Waals surface area contributed by atoms with Crippen LogP contribution in [0.1, 0.15) is 13.8 Å². The van der Waals surface area contributed by atoms with Crippen LogP contribution in [0.4, 0.5) is 5.69 Å². The van der Waals surface area contributed by atoms with Crippen molar-refractivity contribution in [2.45, 2.75) is 30.8 Å². The number of hydrogen-bond donors (Lipinski definition) is 1. The van der Waals surface area contributed by atoms with Crippen molar-refractivity contribution >= 4 is 15.7 Å². The van der Waals surface area contributed by atoms with Crippen molar-refractivity contribution < 1.29 is 18.1 Å². The topological polar surface area (TPSA) is 102 Å². The third-order valence-electron chi connectivity index (χ3n) is 3.92. The maximum absolute atomic E-state index is 12.9. The summed E-state index contributed by atoms with van der Waals surface area (Å²) in [6, 6.07) is 3.31. The van der Waals surface area contributed by atoms with E-state index in [2.05, 4.69) is 5.32 Å². The molecular formula is C13H19N3O5S. The maximum Gasteiger partial charge on any atom is 0.271 e. The summed E-state index contributed by atoms with van der Waals surface area (Å²) in [5.41, 5.74) is -0.282. The highest BCUT2D eigenvalue weighted by atomic mass is 32.2. The molecule has 2 atom stereocenters. The maximum atomic E-state index is 12.9. The molecule has 1 aliphatic rings. The van der Waals surface area contributed by atoms with Gasteiger partial charge in [-0.1, -0.05) is 0 Å². The fourth-order valence-corrected chi connectivity index (χ4v) is 4.35. The van der Waals surface area contributed by atoms with Gasteiger partial charge in [-0.05, 0) is 19.9 Å². The van der Waals surface area contributed by atoms with E-state index in [0.29, 0.717) is 13.1 Å². The number of methoxy groups -OCH3 is 1. The second-order valence-corrected chi connectivity index (χ2v) is 7.05. The molecule has 0 saturated carbocycles. The van der Waals surface area contributed by atoms with Crippen molar-refractivity contribution in [1.82, 2.24) is 9.62 Å². The Kier molecular flexibility index (Phi) is 4.69. The van der Waals surface area contributed by atoms with E-state index >= 15 is 0 Å². The minimum absolute atomic E-state index is 0.00628. The van der Waals surface area contributed by atoms with E-state index < -0.39 is 14.9 Å². The van der Waals surface area contributed by atoms with Crippen LogP contribution in [0.15, 0.2) is 23.1 Å². The fourth-order valence-electron chi connectivity index (χ4n) is 2.47. The molecule has 0 aliphatic carbocycles. The number of benzene rings is 1. The smallest absolute Gasteiger partial charge is 0.271 e. The Morgan fingerprint density at radius 3 is 2.68 bits per heavy atom. The predicted molar refractivity (Wildman–Crippen MR) is 80.5 cm³/mol. The number of nitro groups is 1. The normalized spacial score (nSPS) is 23.2. The SMILES string of the molecule is COc1ccc([N+](=O)[O-])cc1S(=O)(=O)N1CCNC(C)C1C. The lowest BCUT2D eigenvalue weighted by molar-refractivity contribution is -0.385. The highest BCUT2D eigenvalue weighted by molar-refractivity contribution is 7.89. The molecule has 0 bridgehead atoms. The largest absolute Gasteiger partial charge is 0.495 e. The number of rotatable bonds is 4. The van der Waals surface area contributed by atoms with Crippen molar-refractivity contribution in [3.05, 3.63) is 28.3 Å². The van der Waals surface area contributed by atoms with Gasteiger partial charge in [0.25, 0.3) is 5.69 Å². The summed E-state index contributed by atoms with van der Waals surface area (Å²) in [7, 11) is -2.54. The third kappa shape index (κ3) is 2.92. The van der Waals surface area contributed by atoms with Crippen LogP contribution in [0, 0.1) is 10.1 Å². The van der Waals surface area contributed by atoms with Gasteiger partial charge in [-0.15, -0.1) is 0 Å². The summed E-state index contributed by atoms with van der Waals surface area (Å²) in [5, 5.41) is 14.1. The second kappa shape index (κ2) is 6.19. The molecule has 1 aliphatic heterocycles. The van der Waals surface area contributed by atoms with Crippen molar-refractivity contribution in [3.8, 4) is 5.75 Å². The number of nitrogens with one attached hydrogen (secondary N) is 1. The standard InChI is InChI=1S/C13H19N3O5S/c1-9-10(2)15(7-6-14-9)22(19,20)13-8-11(16(17)18)4-5-12(13)21-3/h4-5,8-10,14H,6-7H2,1-3H3. The fraction of sp³-hybridized carbons (Fsp3) is 0.538. The molecule has 1 aromatic carbocycles. The first kappa shape index (κ1) is 16.7. The summed E-state index contributed by atoms with van der Waals surface area (Å²) in [6.45, 7) is 4.54. The molecule has 2 unspecified atom stereocenters. The summed E-state index contributed by atoms with van der Waals surface area (Å²) < 4.78 is 32.2. The van der Waals surface area contributed by atoms with Crippen molar-refractivity contribution in [2.75, 3.05) is 20.2 Å². The molecule has 1 fully saturated rings. The lowest BCUT2D eigenvalue weighted by Gasteiger charge is -2.37.